The van der Waals surface area contributed by atoms with Crippen LogP contribution in [0.4, 0.5) is 0 Å². The van der Waals surface area contributed by atoms with Gasteiger partial charge in [-0.3, -0.25) is 15.0 Å². The van der Waals surface area contributed by atoms with Crippen LogP contribution in [0.5, 0.6) is 0 Å². The van der Waals surface area contributed by atoms with Crippen LogP contribution in [0.15, 0.2) is 0 Å². The Morgan fingerprint density at radius 2 is 2.00 bits per heavy atom. The topological polar surface area (TPSA) is 142 Å². The van der Waals surface area contributed by atoms with E-state index in [1.54, 1.807) is 0 Å². The zero-order valence-electron chi connectivity index (χ0n) is 10.7. The normalized spacial score (nSPS) is 16.1. The summed E-state index contributed by atoms with van der Waals surface area (Å²) in [5, 5.41) is 19.2. The highest BCUT2D eigenvalue weighted by Gasteiger charge is 2.20. The molecule has 18 heavy (non-hydrogen) atoms. The average molecular weight is 262 g/mol. The molecule has 0 rings (SSSR count). The Hall–Kier alpha value is -1.22. The molecule has 0 aromatic carbocycles. The Kier molecular flexibility index (Phi) is 7.44. The zero-order chi connectivity index (χ0) is 14.3. The van der Waals surface area contributed by atoms with Crippen LogP contribution < -0.4 is 16.9 Å². The van der Waals surface area contributed by atoms with E-state index in [0.717, 1.165) is 0 Å². The molecule has 0 bridgehead atoms. The Morgan fingerprint density at radius 1 is 1.44 bits per heavy atom. The SMILES string of the molecule is CC(C(=O)O)N(C)NC(=O)C[C@H](N)C[C@@H](O)CN. The minimum absolute atomic E-state index is 0.00621. The third-order valence-electron chi connectivity index (χ3n) is 2.53. The number of carboxylic acids is 1. The predicted molar refractivity (Wildman–Crippen MR) is 65.3 cm³/mol. The van der Waals surface area contributed by atoms with E-state index in [1.807, 2.05) is 0 Å². The molecule has 1 amide bonds. The van der Waals surface area contributed by atoms with Crippen LogP contribution in [-0.4, -0.2) is 58.9 Å². The molecule has 7 N–H and O–H groups in total. The van der Waals surface area contributed by atoms with Gasteiger partial charge in [0.05, 0.1) is 6.10 Å². The molecule has 106 valence electrons. The quantitative estimate of drug-likeness (QED) is 0.314. The highest BCUT2D eigenvalue weighted by molar-refractivity contribution is 5.77. The number of aliphatic carboxylic acids is 1. The van der Waals surface area contributed by atoms with Crippen molar-refractivity contribution < 1.29 is 19.8 Å². The second-order valence-electron chi connectivity index (χ2n) is 4.25. The lowest BCUT2D eigenvalue weighted by Gasteiger charge is -2.23. The maximum absolute atomic E-state index is 11.5. The maximum Gasteiger partial charge on any atom is 0.322 e. The average Bonchev–Trinajstić information content (AvgIpc) is 2.26. The fourth-order valence-corrected chi connectivity index (χ4v) is 1.27. The van der Waals surface area contributed by atoms with Crippen molar-refractivity contribution in [2.75, 3.05) is 13.6 Å². The number of rotatable bonds is 8. The van der Waals surface area contributed by atoms with Gasteiger partial charge < -0.3 is 21.7 Å². The number of nitrogens with one attached hydrogen (secondary N) is 1. The summed E-state index contributed by atoms with van der Waals surface area (Å²) < 4.78 is 0. The van der Waals surface area contributed by atoms with Crippen molar-refractivity contribution in [1.82, 2.24) is 10.4 Å². The first-order valence-electron chi connectivity index (χ1n) is 5.66. The van der Waals surface area contributed by atoms with Gasteiger partial charge in [0.15, 0.2) is 0 Å². The first kappa shape index (κ1) is 16.8. The number of hydrogen-bond acceptors (Lipinski definition) is 6. The first-order chi connectivity index (χ1) is 8.27. The van der Waals surface area contributed by atoms with Crippen LogP contribution >= 0.6 is 0 Å². The predicted octanol–water partition coefficient (Wildman–Crippen LogP) is -2.15. The number of hydrazine groups is 1. The van der Waals surface area contributed by atoms with Crippen molar-refractivity contribution in [1.29, 1.82) is 0 Å². The van der Waals surface area contributed by atoms with Crippen LogP contribution in [0.3, 0.4) is 0 Å². The van der Waals surface area contributed by atoms with Crippen molar-refractivity contribution >= 4 is 11.9 Å². The summed E-state index contributed by atoms with van der Waals surface area (Å²) in [5.41, 5.74) is 13.3. The van der Waals surface area contributed by atoms with E-state index in [1.165, 1.54) is 19.0 Å². The summed E-state index contributed by atoms with van der Waals surface area (Å²) in [4.78, 5) is 22.2. The Bertz CT molecular complexity index is 287. The van der Waals surface area contributed by atoms with E-state index in [0.29, 0.717) is 0 Å². The molecule has 0 aliphatic rings. The monoisotopic (exact) mass is 262 g/mol. The van der Waals surface area contributed by atoms with Crippen molar-refractivity contribution in [2.45, 2.75) is 38.0 Å². The van der Waals surface area contributed by atoms with Gasteiger partial charge in [0.25, 0.3) is 0 Å². The van der Waals surface area contributed by atoms with E-state index in [-0.39, 0.29) is 19.4 Å². The lowest BCUT2D eigenvalue weighted by atomic mass is 10.1. The zero-order valence-corrected chi connectivity index (χ0v) is 10.7. The Morgan fingerprint density at radius 3 is 2.44 bits per heavy atom. The molecule has 3 atom stereocenters. The van der Waals surface area contributed by atoms with Crippen LogP contribution in [-0.2, 0) is 9.59 Å². The van der Waals surface area contributed by atoms with E-state index in [9.17, 15) is 14.7 Å². The molecule has 0 radical (unpaired) electrons. The number of likely N-dealkylation sites (N-methyl/N-ethyl adjacent to an activating group) is 1. The van der Waals surface area contributed by atoms with E-state index in [4.69, 9.17) is 16.6 Å². The fraction of sp³-hybridized carbons (Fsp3) is 0.800. The lowest BCUT2D eigenvalue weighted by molar-refractivity contribution is -0.144. The summed E-state index contributed by atoms with van der Waals surface area (Å²) in [6.45, 7) is 1.53. The van der Waals surface area contributed by atoms with Gasteiger partial charge in [0, 0.05) is 26.1 Å². The van der Waals surface area contributed by atoms with E-state index < -0.39 is 30.1 Å². The van der Waals surface area contributed by atoms with Crippen LogP contribution in [0.25, 0.3) is 0 Å². The standard InChI is InChI=1S/C10H22N4O4/c1-6(10(17)18)14(2)13-9(16)4-7(12)3-8(15)5-11/h6-8,15H,3-5,11-12H2,1-2H3,(H,13,16)(H,17,18)/t6?,7-,8-/m1/s1. The van der Waals surface area contributed by atoms with Crippen molar-refractivity contribution in [3.05, 3.63) is 0 Å². The summed E-state index contributed by atoms with van der Waals surface area (Å²) in [7, 11) is 1.46. The fourth-order valence-electron chi connectivity index (χ4n) is 1.27. The molecule has 0 saturated heterocycles. The Balaban J connectivity index is 4.07. The maximum atomic E-state index is 11.5. The summed E-state index contributed by atoms with van der Waals surface area (Å²) in [6, 6.07) is -1.35. The van der Waals surface area contributed by atoms with Gasteiger partial charge in [-0.15, -0.1) is 0 Å². The number of carbonyl (C=O) groups is 2. The van der Waals surface area contributed by atoms with Gasteiger partial charge >= 0.3 is 5.97 Å². The molecular formula is C10H22N4O4. The van der Waals surface area contributed by atoms with Crippen molar-refractivity contribution in [2.24, 2.45) is 11.5 Å². The third-order valence-corrected chi connectivity index (χ3v) is 2.53. The molecule has 0 saturated carbocycles. The highest BCUT2D eigenvalue weighted by Crippen LogP contribution is 2.00. The van der Waals surface area contributed by atoms with Gasteiger partial charge in [-0.05, 0) is 13.3 Å². The summed E-state index contributed by atoms with van der Waals surface area (Å²) in [6.07, 6.45) is -0.515. The number of aliphatic hydroxyl groups is 1. The smallest absolute Gasteiger partial charge is 0.322 e. The molecule has 0 heterocycles. The van der Waals surface area contributed by atoms with Crippen molar-refractivity contribution in [3.63, 3.8) is 0 Å². The Labute approximate surface area is 106 Å². The van der Waals surface area contributed by atoms with Crippen molar-refractivity contribution in [3.8, 4) is 0 Å². The molecule has 0 spiro atoms. The number of carbonyl (C=O) groups excluding carboxylic acids is 1. The van der Waals surface area contributed by atoms with Gasteiger partial charge in [-0.2, -0.15) is 0 Å². The number of hydrogen-bond donors (Lipinski definition) is 5. The third kappa shape index (κ3) is 6.50. The number of aliphatic hydroxyl groups excluding tert-OH is 1. The molecule has 8 heteroatoms. The second-order valence-corrected chi connectivity index (χ2v) is 4.25. The molecule has 0 fully saturated rings. The lowest BCUT2D eigenvalue weighted by Crippen LogP contribution is -2.49. The van der Waals surface area contributed by atoms with E-state index >= 15 is 0 Å². The minimum atomic E-state index is -1.04. The largest absolute Gasteiger partial charge is 0.480 e. The van der Waals surface area contributed by atoms with Gasteiger partial charge in [0.1, 0.15) is 6.04 Å². The number of nitrogens with zero attached hydrogens (tertiary/aromatic N) is 1. The molecule has 1 unspecified atom stereocenters. The van der Waals surface area contributed by atoms with Crippen LogP contribution in [0, 0.1) is 0 Å². The number of amides is 1. The van der Waals surface area contributed by atoms with E-state index in [2.05, 4.69) is 5.43 Å². The highest BCUT2D eigenvalue weighted by atomic mass is 16.4. The summed E-state index contributed by atoms with van der Waals surface area (Å²) >= 11 is 0. The van der Waals surface area contributed by atoms with Crippen LogP contribution in [0.2, 0.25) is 0 Å². The van der Waals surface area contributed by atoms with Gasteiger partial charge in [-0.25, -0.2) is 5.01 Å². The molecule has 0 aromatic rings. The molecule has 8 nitrogen and oxygen atoms in total. The molecular weight excluding hydrogens is 240 g/mol. The van der Waals surface area contributed by atoms with Gasteiger partial charge in [0.2, 0.25) is 5.91 Å². The summed E-state index contributed by atoms with van der Waals surface area (Å²) in [5.74, 6) is -1.44. The number of carboxylic acid groups (broad SMARTS) is 1. The molecule has 0 aliphatic heterocycles. The van der Waals surface area contributed by atoms with Gasteiger partial charge in [-0.1, -0.05) is 0 Å². The second kappa shape index (κ2) is 7.98. The van der Waals surface area contributed by atoms with Crippen LogP contribution in [0.1, 0.15) is 19.8 Å². The first-order valence-corrected chi connectivity index (χ1v) is 5.66. The minimum Gasteiger partial charge on any atom is -0.480 e. The number of nitrogens with two attached hydrogens (primary N) is 2. The molecule has 0 aromatic heterocycles. The molecule has 0 aliphatic carbocycles.